The number of carbonyl (C=O) groups excluding carboxylic acids is 1. The second-order valence-electron chi connectivity index (χ2n) is 3.89. The average molecular weight is 294 g/mol. The third kappa shape index (κ3) is 3.93. The van der Waals surface area contributed by atoms with Gasteiger partial charge in [0.25, 0.3) is 0 Å². The molecule has 0 fully saturated rings. The first-order valence-electron chi connectivity index (χ1n) is 6.03. The van der Waals surface area contributed by atoms with Gasteiger partial charge in [0.2, 0.25) is 0 Å². The third-order valence-corrected chi connectivity index (χ3v) is 2.44. The van der Waals surface area contributed by atoms with Gasteiger partial charge in [0, 0.05) is 11.9 Å². The number of nitrogens with one attached hydrogen (secondary N) is 1. The molecule has 1 heterocycles. The van der Waals surface area contributed by atoms with E-state index in [1.807, 2.05) is 30.3 Å². The number of anilines is 2. The predicted molar refractivity (Wildman–Crippen MR) is 79.7 cm³/mol. The van der Waals surface area contributed by atoms with Crippen LogP contribution in [0.1, 0.15) is 23.1 Å². The molecule has 0 aliphatic heterocycles. The van der Waals surface area contributed by atoms with Crippen LogP contribution in [-0.4, -0.2) is 22.5 Å². The van der Waals surface area contributed by atoms with Crippen molar-refractivity contribution in [3.63, 3.8) is 0 Å². The van der Waals surface area contributed by atoms with Crippen molar-refractivity contribution < 1.29 is 9.53 Å². The number of halogens is 1. The van der Waals surface area contributed by atoms with Gasteiger partial charge in [-0.25, -0.2) is 14.8 Å². The number of aromatic nitrogens is 2. The molecular weight excluding hydrogens is 278 g/mol. The number of rotatable bonds is 4. The van der Waals surface area contributed by atoms with Crippen LogP contribution in [0.15, 0.2) is 36.5 Å². The second kappa shape index (κ2) is 7.45. The van der Waals surface area contributed by atoms with E-state index in [2.05, 4.69) is 15.3 Å². The Morgan fingerprint density at radius 1 is 1.30 bits per heavy atom. The van der Waals surface area contributed by atoms with Crippen molar-refractivity contribution in [1.82, 2.24) is 9.97 Å². The molecule has 5 nitrogen and oxygen atoms in total. The summed E-state index contributed by atoms with van der Waals surface area (Å²) in [6, 6.07) is 9.52. The van der Waals surface area contributed by atoms with Gasteiger partial charge in [-0.2, -0.15) is 0 Å². The zero-order chi connectivity index (χ0) is 13.7. The number of hydrogen-bond donors (Lipinski definition) is 1. The van der Waals surface area contributed by atoms with E-state index in [-0.39, 0.29) is 12.4 Å². The Bertz CT molecular complexity index is 576. The van der Waals surface area contributed by atoms with Gasteiger partial charge < -0.3 is 10.1 Å². The van der Waals surface area contributed by atoms with Crippen LogP contribution in [0.4, 0.5) is 11.5 Å². The molecule has 106 valence electrons. The Balaban J connectivity index is 0.00000200. The van der Waals surface area contributed by atoms with Crippen LogP contribution < -0.4 is 5.32 Å². The summed E-state index contributed by atoms with van der Waals surface area (Å²) in [5.74, 6) is 0.615. The van der Waals surface area contributed by atoms with Crippen molar-refractivity contribution in [2.24, 2.45) is 0 Å². The monoisotopic (exact) mass is 293 g/mol. The van der Waals surface area contributed by atoms with Crippen LogP contribution in [0, 0.1) is 6.92 Å². The summed E-state index contributed by atoms with van der Waals surface area (Å²) < 4.78 is 4.99. The lowest BCUT2D eigenvalue weighted by atomic mass is 10.2. The van der Waals surface area contributed by atoms with Gasteiger partial charge in [-0.3, -0.25) is 0 Å². The zero-order valence-corrected chi connectivity index (χ0v) is 12.1. The summed E-state index contributed by atoms with van der Waals surface area (Å²) in [7, 11) is 0. The summed E-state index contributed by atoms with van der Waals surface area (Å²) in [4.78, 5) is 20.1. The molecule has 1 aromatic carbocycles. The van der Waals surface area contributed by atoms with E-state index in [1.165, 1.54) is 6.20 Å². The minimum Gasteiger partial charge on any atom is -0.462 e. The van der Waals surface area contributed by atoms with Crippen LogP contribution in [0.3, 0.4) is 0 Å². The quantitative estimate of drug-likeness (QED) is 0.878. The van der Waals surface area contributed by atoms with Gasteiger partial charge in [-0.05, 0) is 26.0 Å². The molecule has 0 aliphatic rings. The fourth-order valence-electron chi connectivity index (χ4n) is 1.58. The van der Waals surface area contributed by atoms with Gasteiger partial charge in [0.15, 0.2) is 0 Å². The van der Waals surface area contributed by atoms with E-state index in [0.29, 0.717) is 23.8 Å². The number of para-hydroxylation sites is 1. The van der Waals surface area contributed by atoms with Crippen molar-refractivity contribution in [2.45, 2.75) is 13.8 Å². The van der Waals surface area contributed by atoms with E-state index < -0.39 is 5.97 Å². The first-order chi connectivity index (χ1) is 9.20. The molecule has 0 spiro atoms. The summed E-state index contributed by atoms with van der Waals surface area (Å²) in [5.41, 5.74) is 1.18. The molecule has 0 saturated carbocycles. The number of benzene rings is 1. The topological polar surface area (TPSA) is 64.1 Å². The van der Waals surface area contributed by atoms with Crippen molar-refractivity contribution in [2.75, 3.05) is 11.9 Å². The standard InChI is InChI=1S/C14H15N3O2.ClH/c1-3-19-14(18)12-9-15-10(2)16-13(12)17-11-7-5-4-6-8-11;/h4-9H,3H2,1-2H3,(H,15,16,17);1H. The Morgan fingerprint density at radius 3 is 2.65 bits per heavy atom. The van der Waals surface area contributed by atoms with E-state index in [1.54, 1.807) is 13.8 Å². The highest BCUT2D eigenvalue weighted by Gasteiger charge is 2.15. The van der Waals surface area contributed by atoms with Gasteiger partial charge >= 0.3 is 5.97 Å². The second-order valence-corrected chi connectivity index (χ2v) is 3.89. The van der Waals surface area contributed by atoms with E-state index in [0.717, 1.165) is 5.69 Å². The van der Waals surface area contributed by atoms with Crippen LogP contribution >= 0.6 is 12.4 Å². The highest BCUT2D eigenvalue weighted by molar-refractivity contribution is 5.95. The van der Waals surface area contributed by atoms with Crippen molar-refractivity contribution in [3.05, 3.63) is 47.9 Å². The maximum atomic E-state index is 11.8. The fourth-order valence-corrected chi connectivity index (χ4v) is 1.58. The van der Waals surface area contributed by atoms with Crippen LogP contribution in [0.25, 0.3) is 0 Å². The number of carbonyl (C=O) groups is 1. The molecule has 0 atom stereocenters. The Labute approximate surface area is 123 Å². The lowest BCUT2D eigenvalue weighted by Crippen LogP contribution is -2.11. The largest absolute Gasteiger partial charge is 0.462 e. The Kier molecular flexibility index (Phi) is 5.93. The van der Waals surface area contributed by atoms with E-state index in [4.69, 9.17) is 4.74 Å². The maximum absolute atomic E-state index is 11.8. The molecule has 0 aliphatic carbocycles. The molecule has 6 heteroatoms. The predicted octanol–water partition coefficient (Wildman–Crippen LogP) is 3.13. The van der Waals surface area contributed by atoms with Crippen molar-refractivity contribution in [3.8, 4) is 0 Å². The normalized spacial score (nSPS) is 9.50. The number of hydrogen-bond acceptors (Lipinski definition) is 5. The molecule has 2 aromatic rings. The molecule has 0 bridgehead atoms. The lowest BCUT2D eigenvalue weighted by molar-refractivity contribution is 0.0526. The molecular formula is C14H16ClN3O2. The van der Waals surface area contributed by atoms with Gasteiger partial charge in [-0.15, -0.1) is 12.4 Å². The highest BCUT2D eigenvalue weighted by Crippen LogP contribution is 2.18. The first-order valence-corrected chi connectivity index (χ1v) is 6.03. The van der Waals surface area contributed by atoms with Crippen molar-refractivity contribution >= 4 is 29.9 Å². The number of nitrogens with zero attached hydrogens (tertiary/aromatic N) is 2. The minimum atomic E-state index is -0.430. The van der Waals surface area contributed by atoms with Crippen LogP contribution in [0.5, 0.6) is 0 Å². The summed E-state index contributed by atoms with van der Waals surface area (Å²) >= 11 is 0. The molecule has 0 saturated heterocycles. The maximum Gasteiger partial charge on any atom is 0.343 e. The molecule has 2 rings (SSSR count). The van der Waals surface area contributed by atoms with Crippen molar-refractivity contribution in [1.29, 1.82) is 0 Å². The molecule has 20 heavy (non-hydrogen) atoms. The van der Waals surface area contributed by atoms with Crippen LogP contribution in [0.2, 0.25) is 0 Å². The van der Waals surface area contributed by atoms with Crippen LogP contribution in [-0.2, 0) is 4.74 Å². The summed E-state index contributed by atoms with van der Waals surface area (Å²) in [6.07, 6.45) is 1.48. The first kappa shape index (κ1) is 15.9. The number of ether oxygens (including phenoxy) is 1. The molecule has 0 amide bonds. The van der Waals surface area contributed by atoms with Gasteiger partial charge in [0.1, 0.15) is 17.2 Å². The SMILES string of the molecule is CCOC(=O)c1cnc(C)nc1Nc1ccccc1.Cl. The fraction of sp³-hybridized carbons (Fsp3) is 0.214. The Morgan fingerprint density at radius 2 is 2.00 bits per heavy atom. The minimum absolute atomic E-state index is 0. The Hall–Kier alpha value is -2.14. The summed E-state index contributed by atoms with van der Waals surface area (Å²) in [6.45, 7) is 3.85. The average Bonchev–Trinajstić information content (AvgIpc) is 2.40. The van der Waals surface area contributed by atoms with Gasteiger partial charge in [0.05, 0.1) is 6.61 Å². The molecule has 0 unspecified atom stereocenters. The zero-order valence-electron chi connectivity index (χ0n) is 11.3. The van der Waals surface area contributed by atoms with Gasteiger partial charge in [-0.1, -0.05) is 18.2 Å². The molecule has 1 aromatic heterocycles. The smallest absolute Gasteiger partial charge is 0.343 e. The lowest BCUT2D eigenvalue weighted by Gasteiger charge is -2.10. The summed E-state index contributed by atoms with van der Waals surface area (Å²) in [5, 5.41) is 3.10. The number of esters is 1. The number of aryl methyl sites for hydroxylation is 1. The highest BCUT2D eigenvalue weighted by atomic mass is 35.5. The van der Waals surface area contributed by atoms with E-state index in [9.17, 15) is 4.79 Å². The van der Waals surface area contributed by atoms with E-state index >= 15 is 0 Å². The third-order valence-electron chi connectivity index (χ3n) is 2.44. The molecule has 0 radical (unpaired) electrons. The molecule has 1 N–H and O–H groups in total.